The molecule has 0 aliphatic carbocycles. The molecular formula is C26H18F6N2O3. The number of ether oxygens (including phenoxy) is 3. The molecule has 0 bridgehead atoms. The first-order valence-corrected chi connectivity index (χ1v) is 10.6. The standard InChI is InChI=1S/C26H18F6N2O3/c27-25(28,29)17-13-15(33)9-11-19(17)35-21-5-1-3-7-23(21)37-24-8-4-2-6-22(24)36-20-12-10-16(34)14-18(20)26(30,31)32/h1-14H,33-34H2. The first kappa shape index (κ1) is 25.5. The average Bonchev–Trinajstić information content (AvgIpc) is 2.82. The second kappa shape index (κ2) is 9.84. The Labute approximate surface area is 206 Å². The van der Waals surface area contributed by atoms with Crippen molar-refractivity contribution < 1.29 is 40.6 Å². The Balaban J connectivity index is 1.67. The Morgan fingerprint density at radius 2 is 0.730 bits per heavy atom. The third-order valence-corrected chi connectivity index (χ3v) is 4.98. The third kappa shape index (κ3) is 6.00. The number of nitrogen functional groups attached to an aromatic ring is 2. The molecule has 0 amide bonds. The number of rotatable bonds is 6. The number of anilines is 2. The number of halogens is 6. The fourth-order valence-electron chi connectivity index (χ4n) is 3.31. The van der Waals surface area contributed by atoms with Crippen LogP contribution >= 0.6 is 0 Å². The van der Waals surface area contributed by atoms with Gasteiger partial charge >= 0.3 is 12.4 Å². The van der Waals surface area contributed by atoms with E-state index in [-0.39, 0.29) is 34.4 Å². The zero-order valence-electron chi connectivity index (χ0n) is 18.7. The lowest BCUT2D eigenvalue weighted by Crippen LogP contribution is -2.08. The Hall–Kier alpha value is -4.54. The number of benzene rings is 4. The van der Waals surface area contributed by atoms with Gasteiger partial charge in [-0.2, -0.15) is 26.3 Å². The largest absolute Gasteiger partial charge is 0.453 e. The number of hydrogen-bond acceptors (Lipinski definition) is 5. The topological polar surface area (TPSA) is 79.7 Å². The molecule has 0 heterocycles. The average molecular weight is 520 g/mol. The van der Waals surface area contributed by atoms with Crippen molar-refractivity contribution in [1.29, 1.82) is 0 Å². The number of nitrogens with two attached hydrogens (primary N) is 2. The van der Waals surface area contributed by atoms with Gasteiger partial charge in [-0.05, 0) is 60.7 Å². The number of para-hydroxylation sites is 4. The van der Waals surface area contributed by atoms with Gasteiger partial charge in [-0.1, -0.05) is 24.3 Å². The van der Waals surface area contributed by atoms with Crippen LogP contribution in [0.2, 0.25) is 0 Å². The van der Waals surface area contributed by atoms with Crippen LogP contribution in [0.3, 0.4) is 0 Å². The van der Waals surface area contributed by atoms with Crippen molar-refractivity contribution in [3.8, 4) is 34.5 Å². The van der Waals surface area contributed by atoms with Gasteiger partial charge in [-0.3, -0.25) is 0 Å². The van der Waals surface area contributed by atoms with Crippen molar-refractivity contribution >= 4 is 11.4 Å². The number of alkyl halides is 6. The molecule has 11 heteroatoms. The summed E-state index contributed by atoms with van der Waals surface area (Å²) in [4.78, 5) is 0. The maximum absolute atomic E-state index is 13.5. The summed E-state index contributed by atoms with van der Waals surface area (Å²) in [6.07, 6.45) is -9.48. The van der Waals surface area contributed by atoms with Crippen LogP contribution in [-0.2, 0) is 12.4 Å². The van der Waals surface area contributed by atoms with Crippen LogP contribution in [0.15, 0.2) is 84.9 Å². The lowest BCUT2D eigenvalue weighted by Gasteiger charge is -2.18. The third-order valence-electron chi connectivity index (χ3n) is 4.98. The van der Waals surface area contributed by atoms with Gasteiger partial charge in [-0.25, -0.2) is 0 Å². The fraction of sp³-hybridized carbons (Fsp3) is 0.0769. The predicted molar refractivity (Wildman–Crippen MR) is 125 cm³/mol. The van der Waals surface area contributed by atoms with Gasteiger partial charge < -0.3 is 25.7 Å². The van der Waals surface area contributed by atoms with Gasteiger partial charge in [0.05, 0.1) is 0 Å². The van der Waals surface area contributed by atoms with E-state index >= 15 is 0 Å². The quantitative estimate of drug-likeness (QED) is 0.198. The van der Waals surface area contributed by atoms with Gasteiger partial charge in [0, 0.05) is 11.4 Å². The molecule has 0 atom stereocenters. The summed E-state index contributed by atoms with van der Waals surface area (Å²) in [6.45, 7) is 0. The second-order valence-corrected chi connectivity index (χ2v) is 7.71. The molecular weight excluding hydrogens is 502 g/mol. The Bertz CT molecular complexity index is 1310. The van der Waals surface area contributed by atoms with Crippen molar-refractivity contribution in [3.63, 3.8) is 0 Å². The van der Waals surface area contributed by atoms with Crippen LogP contribution in [0.4, 0.5) is 37.7 Å². The number of hydrogen-bond donors (Lipinski definition) is 2. The first-order valence-electron chi connectivity index (χ1n) is 10.6. The van der Waals surface area contributed by atoms with Crippen molar-refractivity contribution in [3.05, 3.63) is 96.1 Å². The van der Waals surface area contributed by atoms with Crippen molar-refractivity contribution in [1.82, 2.24) is 0 Å². The van der Waals surface area contributed by atoms with Crippen LogP contribution < -0.4 is 25.7 Å². The molecule has 0 spiro atoms. The lowest BCUT2D eigenvalue weighted by atomic mass is 10.1. The second-order valence-electron chi connectivity index (χ2n) is 7.71. The van der Waals surface area contributed by atoms with Crippen LogP contribution in [0.1, 0.15) is 11.1 Å². The van der Waals surface area contributed by atoms with E-state index in [0.717, 1.165) is 24.3 Å². The minimum atomic E-state index is -4.74. The van der Waals surface area contributed by atoms with E-state index in [1.165, 1.54) is 48.5 Å². The van der Waals surface area contributed by atoms with E-state index in [2.05, 4.69) is 0 Å². The molecule has 0 saturated carbocycles. The lowest BCUT2D eigenvalue weighted by molar-refractivity contribution is -0.139. The zero-order valence-corrected chi connectivity index (χ0v) is 18.7. The van der Waals surface area contributed by atoms with E-state index in [4.69, 9.17) is 25.7 Å². The van der Waals surface area contributed by atoms with Crippen molar-refractivity contribution in [2.24, 2.45) is 0 Å². The summed E-state index contributed by atoms with van der Waals surface area (Å²) in [5, 5.41) is 0. The highest BCUT2D eigenvalue weighted by Crippen LogP contribution is 2.45. The molecule has 0 aliphatic rings. The molecule has 4 aromatic carbocycles. The van der Waals surface area contributed by atoms with E-state index in [1.54, 1.807) is 12.1 Å². The maximum Gasteiger partial charge on any atom is 0.420 e. The summed E-state index contributed by atoms with van der Waals surface area (Å²) in [7, 11) is 0. The monoisotopic (exact) mass is 520 g/mol. The molecule has 0 radical (unpaired) electrons. The highest BCUT2D eigenvalue weighted by Gasteiger charge is 2.36. The Kier molecular flexibility index (Phi) is 6.80. The molecule has 0 unspecified atom stereocenters. The van der Waals surface area contributed by atoms with Gasteiger partial charge in [0.2, 0.25) is 0 Å². The van der Waals surface area contributed by atoms with E-state index in [1.807, 2.05) is 0 Å². The van der Waals surface area contributed by atoms with Gasteiger partial charge in [-0.15, -0.1) is 0 Å². The highest BCUT2D eigenvalue weighted by molar-refractivity contribution is 5.55. The highest BCUT2D eigenvalue weighted by atomic mass is 19.4. The molecule has 0 saturated heterocycles. The molecule has 4 aromatic rings. The van der Waals surface area contributed by atoms with Gasteiger partial charge in [0.1, 0.15) is 22.6 Å². The molecule has 0 aromatic heterocycles. The zero-order chi connectivity index (χ0) is 26.8. The summed E-state index contributed by atoms with van der Waals surface area (Å²) >= 11 is 0. The van der Waals surface area contributed by atoms with Gasteiger partial charge in [0.25, 0.3) is 0 Å². The molecule has 37 heavy (non-hydrogen) atoms. The maximum atomic E-state index is 13.5. The molecule has 5 nitrogen and oxygen atoms in total. The normalized spacial score (nSPS) is 11.7. The van der Waals surface area contributed by atoms with Crippen LogP contribution in [0.25, 0.3) is 0 Å². The Morgan fingerprint density at radius 1 is 0.432 bits per heavy atom. The van der Waals surface area contributed by atoms with E-state index in [9.17, 15) is 26.3 Å². The van der Waals surface area contributed by atoms with E-state index < -0.39 is 35.0 Å². The molecule has 0 aliphatic heterocycles. The van der Waals surface area contributed by atoms with Crippen LogP contribution in [-0.4, -0.2) is 0 Å². The van der Waals surface area contributed by atoms with Crippen molar-refractivity contribution in [2.45, 2.75) is 12.4 Å². The Morgan fingerprint density at radius 3 is 1.03 bits per heavy atom. The fourth-order valence-corrected chi connectivity index (χ4v) is 3.31. The molecule has 192 valence electrons. The summed E-state index contributed by atoms with van der Waals surface area (Å²) in [5.74, 6) is -1.24. The summed E-state index contributed by atoms with van der Waals surface area (Å²) in [5.41, 5.74) is 8.63. The van der Waals surface area contributed by atoms with E-state index in [0.29, 0.717) is 0 Å². The summed E-state index contributed by atoms with van der Waals surface area (Å²) < 4.78 is 97.9. The van der Waals surface area contributed by atoms with Crippen LogP contribution in [0.5, 0.6) is 34.5 Å². The predicted octanol–water partition coefficient (Wildman–Crippen LogP) is 8.27. The minimum absolute atomic E-state index is 0.0168. The van der Waals surface area contributed by atoms with Gasteiger partial charge in [0.15, 0.2) is 23.0 Å². The van der Waals surface area contributed by atoms with Crippen LogP contribution in [0, 0.1) is 0 Å². The first-order chi connectivity index (χ1) is 17.4. The molecule has 4 N–H and O–H groups in total. The smallest absolute Gasteiger partial charge is 0.420 e. The molecule has 0 fully saturated rings. The van der Waals surface area contributed by atoms with Crippen molar-refractivity contribution in [2.75, 3.05) is 11.5 Å². The SMILES string of the molecule is Nc1ccc(Oc2ccccc2Oc2ccccc2Oc2ccc(N)cc2C(F)(F)F)c(C(F)(F)F)c1. The summed E-state index contributed by atoms with van der Waals surface area (Å²) in [6, 6.07) is 17.8. The minimum Gasteiger partial charge on any atom is -0.453 e. The molecule has 4 rings (SSSR count).